The van der Waals surface area contributed by atoms with Crippen LogP contribution in [-0.2, 0) is 0 Å². The molecule has 0 aliphatic carbocycles. The Kier molecular flexibility index (Phi) is 2.53. The zero-order valence-corrected chi connectivity index (χ0v) is 10.6. The molecular formula is C11H9N3OS2. The summed E-state index contributed by atoms with van der Waals surface area (Å²) in [5.41, 5.74) is 7.70. The second kappa shape index (κ2) is 4.05. The number of hydrogen-bond acceptors (Lipinski definition) is 6. The molecule has 0 saturated heterocycles. The molecule has 6 heteroatoms. The fourth-order valence-corrected chi connectivity index (χ4v) is 3.14. The van der Waals surface area contributed by atoms with E-state index >= 15 is 0 Å². The van der Waals surface area contributed by atoms with Crippen molar-refractivity contribution in [3.63, 3.8) is 0 Å². The van der Waals surface area contributed by atoms with Gasteiger partial charge in [0.15, 0.2) is 0 Å². The van der Waals surface area contributed by atoms with Gasteiger partial charge in [-0.15, -0.1) is 11.3 Å². The SMILES string of the molecule is Cc1nc2cc(Sc3ncco3)c(N)cc2s1. The van der Waals surface area contributed by atoms with E-state index < -0.39 is 0 Å². The smallest absolute Gasteiger partial charge is 0.260 e. The Labute approximate surface area is 106 Å². The Balaban J connectivity index is 2.06. The quantitative estimate of drug-likeness (QED) is 0.718. The molecule has 2 aromatic heterocycles. The summed E-state index contributed by atoms with van der Waals surface area (Å²) < 4.78 is 6.30. The Morgan fingerprint density at radius 1 is 1.41 bits per heavy atom. The third kappa shape index (κ3) is 2.01. The number of rotatable bonds is 2. The summed E-state index contributed by atoms with van der Waals surface area (Å²) in [5.74, 6) is 0. The van der Waals surface area contributed by atoms with Crippen LogP contribution in [0.2, 0.25) is 0 Å². The Hall–Kier alpha value is -1.53. The molecule has 0 spiro atoms. The van der Waals surface area contributed by atoms with Gasteiger partial charge in [-0.25, -0.2) is 9.97 Å². The summed E-state index contributed by atoms with van der Waals surface area (Å²) in [4.78, 5) is 9.43. The molecular weight excluding hydrogens is 254 g/mol. The minimum Gasteiger partial charge on any atom is -0.440 e. The molecule has 0 aliphatic rings. The molecule has 0 radical (unpaired) electrons. The second-order valence-corrected chi connectivity index (χ2v) is 5.72. The molecule has 0 amide bonds. The molecule has 17 heavy (non-hydrogen) atoms. The van der Waals surface area contributed by atoms with E-state index in [-0.39, 0.29) is 0 Å². The number of hydrogen-bond donors (Lipinski definition) is 1. The van der Waals surface area contributed by atoms with Crippen molar-refractivity contribution in [2.24, 2.45) is 0 Å². The maximum Gasteiger partial charge on any atom is 0.260 e. The summed E-state index contributed by atoms with van der Waals surface area (Å²) in [7, 11) is 0. The second-order valence-electron chi connectivity index (χ2n) is 3.49. The van der Waals surface area contributed by atoms with Crippen LogP contribution in [0.5, 0.6) is 0 Å². The van der Waals surface area contributed by atoms with Crippen molar-refractivity contribution < 1.29 is 4.42 Å². The van der Waals surface area contributed by atoms with Gasteiger partial charge in [-0.1, -0.05) is 0 Å². The highest BCUT2D eigenvalue weighted by atomic mass is 32.2. The highest BCUT2D eigenvalue weighted by Gasteiger charge is 2.09. The van der Waals surface area contributed by atoms with Crippen LogP contribution in [0.4, 0.5) is 5.69 Å². The number of nitrogens with zero attached hydrogens (tertiary/aromatic N) is 2. The van der Waals surface area contributed by atoms with E-state index in [4.69, 9.17) is 10.2 Å². The number of fused-ring (bicyclic) bond motifs is 1. The van der Waals surface area contributed by atoms with Crippen molar-refractivity contribution in [3.8, 4) is 0 Å². The van der Waals surface area contributed by atoms with Gasteiger partial charge in [0.25, 0.3) is 5.22 Å². The van der Waals surface area contributed by atoms with Gasteiger partial charge in [0, 0.05) is 10.6 Å². The van der Waals surface area contributed by atoms with Crippen LogP contribution in [0.25, 0.3) is 10.2 Å². The number of benzene rings is 1. The number of thiazole rings is 1. The van der Waals surface area contributed by atoms with E-state index in [9.17, 15) is 0 Å². The molecule has 0 atom stereocenters. The lowest BCUT2D eigenvalue weighted by Gasteiger charge is -2.01. The molecule has 3 rings (SSSR count). The van der Waals surface area contributed by atoms with Gasteiger partial charge in [-0.05, 0) is 30.8 Å². The topological polar surface area (TPSA) is 64.9 Å². The fraction of sp³-hybridized carbons (Fsp3) is 0.0909. The zero-order valence-electron chi connectivity index (χ0n) is 9.01. The van der Waals surface area contributed by atoms with Gasteiger partial charge in [0.1, 0.15) is 6.26 Å². The summed E-state index contributed by atoms with van der Waals surface area (Å²) >= 11 is 3.05. The average molecular weight is 263 g/mol. The van der Waals surface area contributed by atoms with E-state index in [0.29, 0.717) is 5.22 Å². The largest absolute Gasteiger partial charge is 0.440 e. The lowest BCUT2D eigenvalue weighted by molar-refractivity contribution is 0.454. The molecule has 0 aliphatic heterocycles. The van der Waals surface area contributed by atoms with Crippen molar-refractivity contribution in [1.29, 1.82) is 0 Å². The monoisotopic (exact) mass is 263 g/mol. The molecule has 2 N–H and O–H groups in total. The van der Waals surface area contributed by atoms with Crippen LogP contribution < -0.4 is 5.73 Å². The number of aryl methyl sites for hydroxylation is 1. The predicted molar refractivity (Wildman–Crippen MR) is 69.4 cm³/mol. The summed E-state index contributed by atoms with van der Waals surface area (Å²) in [6.07, 6.45) is 3.16. The van der Waals surface area contributed by atoms with E-state index in [1.54, 1.807) is 23.8 Å². The maximum atomic E-state index is 6.00. The first-order valence-corrected chi connectivity index (χ1v) is 6.60. The number of oxazole rings is 1. The first-order valence-electron chi connectivity index (χ1n) is 4.96. The van der Waals surface area contributed by atoms with Crippen molar-refractivity contribution in [1.82, 2.24) is 9.97 Å². The van der Waals surface area contributed by atoms with Gasteiger partial charge in [-0.2, -0.15) is 0 Å². The molecule has 0 saturated carbocycles. The third-order valence-electron chi connectivity index (χ3n) is 2.23. The van der Waals surface area contributed by atoms with Gasteiger partial charge in [0.2, 0.25) is 0 Å². The van der Waals surface area contributed by atoms with Crippen LogP contribution >= 0.6 is 23.1 Å². The van der Waals surface area contributed by atoms with Crippen molar-refractivity contribution in [2.45, 2.75) is 17.0 Å². The standard InChI is InChI=1S/C11H9N3OS2/c1-6-14-8-5-9(7(12)4-10(8)16-6)17-11-13-2-3-15-11/h2-5H,12H2,1H3. The molecule has 1 aromatic carbocycles. The summed E-state index contributed by atoms with van der Waals surface area (Å²) in [6, 6.07) is 3.92. The molecule has 2 heterocycles. The lowest BCUT2D eigenvalue weighted by Crippen LogP contribution is -1.88. The van der Waals surface area contributed by atoms with Gasteiger partial charge in [-0.3, -0.25) is 0 Å². The van der Waals surface area contributed by atoms with Crippen LogP contribution in [0.3, 0.4) is 0 Å². The first-order chi connectivity index (χ1) is 8.22. The minimum atomic E-state index is 0.586. The van der Waals surface area contributed by atoms with Crippen LogP contribution in [0.1, 0.15) is 5.01 Å². The Morgan fingerprint density at radius 2 is 2.29 bits per heavy atom. The number of nitrogen functional groups attached to an aromatic ring is 1. The van der Waals surface area contributed by atoms with Crippen LogP contribution in [0, 0.1) is 6.92 Å². The van der Waals surface area contributed by atoms with E-state index in [0.717, 1.165) is 25.8 Å². The molecule has 4 nitrogen and oxygen atoms in total. The van der Waals surface area contributed by atoms with Crippen molar-refractivity contribution >= 4 is 39.0 Å². The van der Waals surface area contributed by atoms with E-state index in [1.165, 1.54) is 11.8 Å². The van der Waals surface area contributed by atoms with Gasteiger partial charge >= 0.3 is 0 Å². The maximum absolute atomic E-state index is 6.00. The minimum absolute atomic E-state index is 0.586. The average Bonchev–Trinajstić information content (AvgIpc) is 2.87. The van der Waals surface area contributed by atoms with Crippen molar-refractivity contribution in [2.75, 3.05) is 5.73 Å². The van der Waals surface area contributed by atoms with Crippen LogP contribution in [0.15, 0.2) is 39.1 Å². The Morgan fingerprint density at radius 3 is 3.06 bits per heavy atom. The third-order valence-corrected chi connectivity index (χ3v) is 4.12. The van der Waals surface area contributed by atoms with E-state index in [2.05, 4.69) is 9.97 Å². The summed E-state index contributed by atoms with van der Waals surface area (Å²) in [6.45, 7) is 1.99. The molecule has 86 valence electrons. The normalized spacial score (nSPS) is 11.1. The van der Waals surface area contributed by atoms with Crippen molar-refractivity contribution in [3.05, 3.63) is 29.6 Å². The predicted octanol–water partition coefficient (Wildman–Crippen LogP) is 3.33. The molecule has 0 bridgehead atoms. The number of aromatic nitrogens is 2. The van der Waals surface area contributed by atoms with E-state index in [1.807, 2.05) is 19.1 Å². The molecule has 0 unspecified atom stereocenters. The zero-order chi connectivity index (χ0) is 11.8. The van der Waals surface area contributed by atoms with Gasteiger partial charge < -0.3 is 10.2 Å². The highest BCUT2D eigenvalue weighted by Crippen LogP contribution is 2.35. The molecule has 0 fully saturated rings. The van der Waals surface area contributed by atoms with Gasteiger partial charge in [0.05, 0.1) is 21.4 Å². The lowest BCUT2D eigenvalue weighted by atomic mass is 10.3. The fourth-order valence-electron chi connectivity index (χ4n) is 1.53. The summed E-state index contributed by atoms with van der Waals surface area (Å²) in [5, 5.41) is 1.63. The van der Waals surface area contributed by atoms with Crippen LogP contribution in [-0.4, -0.2) is 9.97 Å². The highest BCUT2D eigenvalue weighted by molar-refractivity contribution is 7.99. The first kappa shape index (κ1) is 10.6. The molecule has 3 aromatic rings. The number of anilines is 1. The number of nitrogens with two attached hydrogens (primary N) is 1. The Bertz CT molecular complexity index is 661.